The minimum absolute atomic E-state index is 0.219. The Morgan fingerprint density at radius 2 is 1.92 bits per heavy atom. The van der Waals surface area contributed by atoms with E-state index >= 15 is 0 Å². The van der Waals surface area contributed by atoms with Crippen molar-refractivity contribution < 1.29 is 14.4 Å². The lowest BCUT2D eigenvalue weighted by atomic mass is 10.4. The Labute approximate surface area is 75.6 Å². The molecule has 0 aromatic rings. The Bertz CT molecular complexity index is 285. The van der Waals surface area contributed by atoms with Crippen molar-refractivity contribution >= 4 is 17.8 Å². The van der Waals surface area contributed by atoms with Crippen molar-refractivity contribution in [1.29, 1.82) is 0 Å². The molecule has 70 valence electrons. The van der Waals surface area contributed by atoms with Crippen LogP contribution in [0.2, 0.25) is 0 Å². The van der Waals surface area contributed by atoms with Crippen LogP contribution in [0.25, 0.3) is 0 Å². The van der Waals surface area contributed by atoms with Crippen molar-refractivity contribution in [2.45, 2.75) is 6.42 Å². The number of carbonyl (C=O) groups is 3. The molecule has 0 spiro atoms. The molecule has 0 radical (unpaired) electrons. The van der Waals surface area contributed by atoms with Crippen LogP contribution in [-0.2, 0) is 9.59 Å². The molecule has 1 rings (SSSR count). The lowest BCUT2D eigenvalue weighted by molar-refractivity contribution is -0.142. The summed E-state index contributed by atoms with van der Waals surface area (Å²) in [6.07, 6.45) is 2.09. The van der Waals surface area contributed by atoms with Crippen molar-refractivity contribution in [2.75, 3.05) is 13.6 Å². The van der Waals surface area contributed by atoms with E-state index in [2.05, 4.69) is 6.58 Å². The van der Waals surface area contributed by atoms with Gasteiger partial charge in [-0.2, -0.15) is 0 Å². The molecule has 4 amide bonds. The van der Waals surface area contributed by atoms with E-state index in [9.17, 15) is 14.4 Å². The van der Waals surface area contributed by atoms with Gasteiger partial charge in [-0.05, 0) is 6.42 Å². The second-order valence-corrected chi connectivity index (χ2v) is 2.68. The quantitative estimate of drug-likeness (QED) is 0.350. The van der Waals surface area contributed by atoms with Crippen LogP contribution < -0.4 is 0 Å². The largest absolute Gasteiger partial charge is 0.333 e. The first-order valence-electron chi connectivity index (χ1n) is 3.84. The number of rotatable bonds is 3. The average molecular weight is 182 g/mol. The van der Waals surface area contributed by atoms with Gasteiger partial charge in [-0.15, -0.1) is 6.58 Å². The molecule has 0 aromatic heterocycles. The number of urea groups is 1. The monoisotopic (exact) mass is 182 g/mol. The van der Waals surface area contributed by atoms with E-state index in [1.165, 1.54) is 7.05 Å². The van der Waals surface area contributed by atoms with E-state index in [0.29, 0.717) is 6.42 Å². The van der Waals surface area contributed by atoms with Gasteiger partial charge in [-0.25, -0.2) is 4.79 Å². The predicted octanol–water partition coefficient (Wildman–Crippen LogP) is -0.0169. The third-order valence-corrected chi connectivity index (χ3v) is 1.81. The number of amides is 4. The molecular formula is C8H10N2O3. The lowest BCUT2D eigenvalue weighted by Crippen LogP contribution is -2.32. The SMILES string of the molecule is C=CCCN1C(=O)C(=O)N(C)C1=O. The fraction of sp³-hybridized carbons (Fsp3) is 0.375. The fourth-order valence-electron chi connectivity index (χ4n) is 1.03. The minimum atomic E-state index is -0.769. The number of hydrogen-bond donors (Lipinski definition) is 0. The Kier molecular flexibility index (Phi) is 2.46. The molecule has 5 heteroatoms. The van der Waals surface area contributed by atoms with Crippen LogP contribution in [0.5, 0.6) is 0 Å². The summed E-state index contributed by atoms with van der Waals surface area (Å²) in [5.74, 6) is -1.52. The average Bonchev–Trinajstić information content (AvgIpc) is 2.30. The summed E-state index contributed by atoms with van der Waals surface area (Å²) < 4.78 is 0. The van der Waals surface area contributed by atoms with Crippen LogP contribution in [0.15, 0.2) is 12.7 Å². The maximum atomic E-state index is 11.2. The van der Waals surface area contributed by atoms with Gasteiger partial charge in [0.05, 0.1) is 0 Å². The summed E-state index contributed by atoms with van der Waals surface area (Å²) in [5.41, 5.74) is 0. The van der Waals surface area contributed by atoms with Crippen LogP contribution in [0.1, 0.15) is 6.42 Å². The fourth-order valence-corrected chi connectivity index (χ4v) is 1.03. The number of nitrogens with zero attached hydrogens (tertiary/aromatic N) is 2. The van der Waals surface area contributed by atoms with Gasteiger partial charge >= 0.3 is 17.8 Å². The number of imide groups is 2. The zero-order valence-corrected chi connectivity index (χ0v) is 7.32. The normalized spacial score (nSPS) is 17.2. The Balaban J connectivity index is 2.75. The first-order valence-corrected chi connectivity index (χ1v) is 3.84. The van der Waals surface area contributed by atoms with E-state index in [1.54, 1.807) is 6.08 Å². The molecule has 0 bridgehead atoms. The van der Waals surface area contributed by atoms with Crippen LogP contribution in [-0.4, -0.2) is 41.2 Å². The highest BCUT2D eigenvalue weighted by atomic mass is 16.2. The van der Waals surface area contributed by atoms with E-state index < -0.39 is 17.8 Å². The molecule has 1 heterocycles. The summed E-state index contributed by atoms with van der Waals surface area (Å²) >= 11 is 0. The van der Waals surface area contributed by atoms with Crippen molar-refractivity contribution in [3.05, 3.63) is 12.7 Å². The highest BCUT2D eigenvalue weighted by Gasteiger charge is 2.41. The minimum Gasteiger partial charge on any atom is -0.263 e. The van der Waals surface area contributed by atoms with E-state index in [-0.39, 0.29) is 6.54 Å². The highest BCUT2D eigenvalue weighted by Crippen LogP contribution is 2.09. The zero-order chi connectivity index (χ0) is 10.0. The summed E-state index contributed by atoms with van der Waals surface area (Å²) in [7, 11) is 1.29. The molecule has 0 N–H and O–H groups in total. The van der Waals surface area contributed by atoms with Crippen molar-refractivity contribution in [3.8, 4) is 0 Å². The molecule has 13 heavy (non-hydrogen) atoms. The molecular weight excluding hydrogens is 172 g/mol. The van der Waals surface area contributed by atoms with Gasteiger partial charge in [0.25, 0.3) is 0 Å². The Morgan fingerprint density at radius 3 is 2.31 bits per heavy atom. The molecule has 0 saturated carbocycles. The second kappa shape index (κ2) is 3.38. The van der Waals surface area contributed by atoms with E-state index in [1.807, 2.05) is 0 Å². The number of carbonyl (C=O) groups excluding carboxylic acids is 3. The topological polar surface area (TPSA) is 57.7 Å². The molecule has 1 saturated heterocycles. The maximum Gasteiger partial charge on any atom is 0.333 e. The lowest BCUT2D eigenvalue weighted by Gasteiger charge is -2.10. The van der Waals surface area contributed by atoms with Crippen molar-refractivity contribution in [3.63, 3.8) is 0 Å². The molecule has 1 fully saturated rings. The summed E-state index contributed by atoms with van der Waals surface area (Å²) in [5, 5.41) is 0. The standard InChI is InChI=1S/C8H10N2O3/c1-3-4-5-10-7(12)6(11)9(2)8(10)13/h3H,1,4-5H2,2H3. The third-order valence-electron chi connectivity index (χ3n) is 1.81. The molecule has 5 nitrogen and oxygen atoms in total. The molecule has 1 aliphatic rings. The van der Waals surface area contributed by atoms with Gasteiger partial charge < -0.3 is 0 Å². The van der Waals surface area contributed by atoms with Gasteiger partial charge in [0.1, 0.15) is 0 Å². The molecule has 0 aromatic carbocycles. The smallest absolute Gasteiger partial charge is 0.263 e. The second-order valence-electron chi connectivity index (χ2n) is 2.68. The van der Waals surface area contributed by atoms with Crippen LogP contribution in [0, 0.1) is 0 Å². The summed E-state index contributed by atoms with van der Waals surface area (Å²) in [4.78, 5) is 35.0. The summed E-state index contributed by atoms with van der Waals surface area (Å²) in [6.45, 7) is 3.68. The molecule has 0 atom stereocenters. The van der Waals surface area contributed by atoms with E-state index in [4.69, 9.17) is 0 Å². The summed E-state index contributed by atoms with van der Waals surface area (Å²) in [6, 6.07) is -0.558. The van der Waals surface area contributed by atoms with Gasteiger partial charge in [0.15, 0.2) is 0 Å². The van der Waals surface area contributed by atoms with Crippen molar-refractivity contribution in [2.24, 2.45) is 0 Å². The van der Waals surface area contributed by atoms with Gasteiger partial charge in [-0.3, -0.25) is 19.4 Å². The van der Waals surface area contributed by atoms with Crippen LogP contribution in [0.4, 0.5) is 4.79 Å². The van der Waals surface area contributed by atoms with Crippen LogP contribution in [0.3, 0.4) is 0 Å². The van der Waals surface area contributed by atoms with Crippen LogP contribution >= 0.6 is 0 Å². The zero-order valence-electron chi connectivity index (χ0n) is 7.32. The third kappa shape index (κ3) is 1.44. The van der Waals surface area contributed by atoms with Gasteiger partial charge in [-0.1, -0.05) is 6.08 Å². The van der Waals surface area contributed by atoms with Gasteiger partial charge in [0.2, 0.25) is 0 Å². The first-order chi connectivity index (χ1) is 6.09. The van der Waals surface area contributed by atoms with Gasteiger partial charge in [0, 0.05) is 13.6 Å². The number of hydrogen-bond acceptors (Lipinski definition) is 3. The Morgan fingerprint density at radius 1 is 1.31 bits per heavy atom. The van der Waals surface area contributed by atoms with Crippen molar-refractivity contribution in [1.82, 2.24) is 9.80 Å². The molecule has 0 unspecified atom stereocenters. The number of likely N-dealkylation sites (N-methyl/N-ethyl adjacent to an activating group) is 1. The highest BCUT2D eigenvalue weighted by molar-refractivity contribution is 6.44. The predicted molar refractivity (Wildman–Crippen MR) is 44.7 cm³/mol. The molecule has 1 aliphatic heterocycles. The maximum absolute atomic E-state index is 11.2. The Hall–Kier alpha value is -1.65. The first kappa shape index (κ1) is 9.44. The van der Waals surface area contributed by atoms with E-state index in [0.717, 1.165) is 9.80 Å². The molecule has 0 aliphatic carbocycles.